The quantitative estimate of drug-likeness (QED) is 0.109. The highest BCUT2D eigenvalue weighted by atomic mass is 16.5. The number of amides is 1. The first-order valence-corrected chi connectivity index (χ1v) is 12.3. The van der Waals surface area contributed by atoms with Gasteiger partial charge < -0.3 is 25.3 Å². The number of carbonyl (C=O) groups is 4. The lowest BCUT2D eigenvalue weighted by atomic mass is 10.0. The monoisotopic (exact) mass is 543 g/mol. The molecule has 0 saturated heterocycles. The molecule has 0 aliphatic carbocycles. The molecule has 206 valence electrons. The number of esters is 3. The Balaban J connectivity index is 1.45. The van der Waals surface area contributed by atoms with E-state index in [4.69, 9.17) is 25.4 Å². The smallest absolute Gasteiger partial charge is 0.343 e. The van der Waals surface area contributed by atoms with Crippen molar-refractivity contribution in [2.75, 3.05) is 13.2 Å². The summed E-state index contributed by atoms with van der Waals surface area (Å²) in [7, 11) is 0. The van der Waals surface area contributed by atoms with Gasteiger partial charge in [-0.25, -0.2) is 9.59 Å². The minimum atomic E-state index is -0.619. The van der Waals surface area contributed by atoms with Crippen LogP contribution in [0, 0.1) is 12.3 Å². The molecule has 40 heavy (non-hydrogen) atoms. The van der Waals surface area contributed by atoms with Crippen molar-refractivity contribution in [3.8, 4) is 5.75 Å². The maximum absolute atomic E-state index is 12.5. The van der Waals surface area contributed by atoms with Gasteiger partial charge in [0.05, 0.1) is 17.7 Å². The average Bonchev–Trinajstić information content (AvgIpc) is 2.95. The molecule has 0 heterocycles. The van der Waals surface area contributed by atoms with Gasteiger partial charge in [0.25, 0.3) is 0 Å². The number of benzene rings is 3. The van der Waals surface area contributed by atoms with E-state index in [-0.39, 0.29) is 25.6 Å². The predicted molar refractivity (Wildman–Crippen MR) is 148 cm³/mol. The Hall–Kier alpha value is -5.25. The SMILES string of the molecule is CCOC(=O)c1ccc(COC(=O)CNC(=O)/C=C/c2ccc(C(=O)Oc3ccc(C(=N)N)cc3)cc2C)cc1. The largest absolute Gasteiger partial charge is 0.462 e. The fourth-order valence-electron chi connectivity index (χ4n) is 3.41. The Morgan fingerprint density at radius 2 is 1.52 bits per heavy atom. The third kappa shape index (κ3) is 8.66. The molecule has 3 aromatic rings. The molecular formula is C30H29N3O7. The molecule has 0 bridgehead atoms. The molecule has 0 fully saturated rings. The fourth-order valence-corrected chi connectivity index (χ4v) is 3.41. The number of amidine groups is 1. The summed E-state index contributed by atoms with van der Waals surface area (Å²) in [5, 5.41) is 9.87. The molecule has 0 radical (unpaired) electrons. The molecule has 0 aliphatic rings. The Morgan fingerprint density at radius 1 is 0.875 bits per heavy atom. The zero-order valence-electron chi connectivity index (χ0n) is 22.1. The van der Waals surface area contributed by atoms with E-state index >= 15 is 0 Å². The standard InChI is InChI=1S/C30H29N3O7/c1-3-38-29(36)23-6-4-20(5-7-23)18-39-27(35)17-33-26(34)15-12-21-8-9-24(16-19(21)2)30(37)40-25-13-10-22(11-14-25)28(31)32/h4-16H,3,17-18H2,1-2H3,(H3,31,32)(H,33,34)/b15-12+. The number of hydrogen-bond acceptors (Lipinski definition) is 8. The number of carbonyl (C=O) groups excluding carboxylic acids is 4. The van der Waals surface area contributed by atoms with Crippen LogP contribution in [0.2, 0.25) is 0 Å². The molecule has 3 rings (SSSR count). The van der Waals surface area contributed by atoms with Gasteiger partial charge in [-0.15, -0.1) is 0 Å². The van der Waals surface area contributed by atoms with Crippen molar-refractivity contribution in [3.05, 3.63) is 106 Å². The summed E-state index contributed by atoms with van der Waals surface area (Å²) >= 11 is 0. The Labute approximate surface area is 231 Å². The maximum Gasteiger partial charge on any atom is 0.343 e. The van der Waals surface area contributed by atoms with Crippen LogP contribution in [0.5, 0.6) is 5.75 Å². The Bertz CT molecular complexity index is 1430. The highest BCUT2D eigenvalue weighted by Crippen LogP contribution is 2.17. The summed E-state index contributed by atoms with van der Waals surface area (Å²) in [6.45, 7) is 3.46. The molecule has 0 aliphatic heterocycles. The molecule has 0 aromatic heterocycles. The molecule has 3 aromatic carbocycles. The molecule has 1 amide bonds. The van der Waals surface area contributed by atoms with Gasteiger partial charge in [0.15, 0.2) is 0 Å². The zero-order valence-corrected chi connectivity index (χ0v) is 22.1. The highest BCUT2D eigenvalue weighted by Gasteiger charge is 2.11. The first-order chi connectivity index (χ1) is 19.2. The lowest BCUT2D eigenvalue weighted by molar-refractivity contribution is -0.144. The second-order valence-electron chi connectivity index (χ2n) is 8.53. The van der Waals surface area contributed by atoms with Gasteiger partial charge in [0.2, 0.25) is 5.91 Å². The van der Waals surface area contributed by atoms with Crippen LogP contribution in [-0.2, 0) is 25.7 Å². The van der Waals surface area contributed by atoms with Gasteiger partial charge in [-0.05, 0) is 85.1 Å². The van der Waals surface area contributed by atoms with E-state index in [1.54, 1.807) is 86.7 Å². The Morgan fingerprint density at radius 3 is 2.15 bits per heavy atom. The van der Waals surface area contributed by atoms with E-state index in [9.17, 15) is 19.2 Å². The number of aryl methyl sites for hydroxylation is 1. The summed E-state index contributed by atoms with van der Waals surface area (Å²) in [5.41, 5.74) is 8.79. The fraction of sp³-hybridized carbons (Fsp3) is 0.167. The molecule has 10 heteroatoms. The summed E-state index contributed by atoms with van der Waals surface area (Å²) < 4.78 is 15.4. The number of nitrogen functional groups attached to an aromatic ring is 1. The number of nitrogens with one attached hydrogen (secondary N) is 2. The topological polar surface area (TPSA) is 158 Å². The van der Waals surface area contributed by atoms with Crippen molar-refractivity contribution in [1.82, 2.24) is 5.32 Å². The summed E-state index contributed by atoms with van der Waals surface area (Å²) in [4.78, 5) is 48.3. The molecule has 4 N–H and O–H groups in total. The van der Waals surface area contributed by atoms with Gasteiger partial charge in [-0.1, -0.05) is 18.2 Å². The van der Waals surface area contributed by atoms with Crippen LogP contribution in [0.4, 0.5) is 0 Å². The molecule has 0 unspecified atom stereocenters. The van der Waals surface area contributed by atoms with Crippen LogP contribution in [0.25, 0.3) is 6.08 Å². The molecule has 0 saturated carbocycles. The number of nitrogens with two attached hydrogens (primary N) is 1. The summed E-state index contributed by atoms with van der Waals surface area (Å²) in [6, 6.07) is 17.6. The van der Waals surface area contributed by atoms with Crippen molar-refractivity contribution >= 4 is 35.7 Å². The number of hydrogen-bond donors (Lipinski definition) is 3. The van der Waals surface area contributed by atoms with Crippen LogP contribution in [0.1, 0.15) is 49.9 Å². The van der Waals surface area contributed by atoms with Gasteiger partial charge >= 0.3 is 17.9 Å². The highest BCUT2D eigenvalue weighted by molar-refractivity contribution is 5.96. The second kappa shape index (κ2) is 14.1. The van der Waals surface area contributed by atoms with E-state index < -0.39 is 23.8 Å². The van der Waals surface area contributed by atoms with Crippen LogP contribution in [0.3, 0.4) is 0 Å². The average molecular weight is 544 g/mol. The van der Waals surface area contributed by atoms with Crippen molar-refractivity contribution in [3.63, 3.8) is 0 Å². The lowest BCUT2D eigenvalue weighted by Gasteiger charge is -2.08. The first kappa shape index (κ1) is 29.3. The Kier molecular flexibility index (Phi) is 10.3. The summed E-state index contributed by atoms with van der Waals surface area (Å²) in [6.07, 6.45) is 2.84. The number of rotatable bonds is 11. The molecular weight excluding hydrogens is 514 g/mol. The number of ether oxygens (including phenoxy) is 3. The second-order valence-corrected chi connectivity index (χ2v) is 8.53. The third-order valence-corrected chi connectivity index (χ3v) is 5.57. The van der Waals surface area contributed by atoms with Crippen molar-refractivity contribution in [1.29, 1.82) is 5.41 Å². The lowest BCUT2D eigenvalue weighted by Crippen LogP contribution is -2.29. The van der Waals surface area contributed by atoms with Crippen LogP contribution in [0.15, 0.2) is 72.8 Å². The van der Waals surface area contributed by atoms with Crippen LogP contribution < -0.4 is 15.8 Å². The van der Waals surface area contributed by atoms with Crippen molar-refractivity contribution < 1.29 is 33.4 Å². The van der Waals surface area contributed by atoms with Crippen molar-refractivity contribution in [2.45, 2.75) is 20.5 Å². The normalized spacial score (nSPS) is 10.6. The van der Waals surface area contributed by atoms with Gasteiger partial charge in [-0.3, -0.25) is 15.0 Å². The van der Waals surface area contributed by atoms with Gasteiger partial charge in [0, 0.05) is 11.6 Å². The minimum Gasteiger partial charge on any atom is -0.462 e. The first-order valence-electron chi connectivity index (χ1n) is 12.3. The molecule has 10 nitrogen and oxygen atoms in total. The maximum atomic E-state index is 12.5. The van der Waals surface area contributed by atoms with E-state index in [1.807, 2.05) is 0 Å². The van der Waals surface area contributed by atoms with Crippen LogP contribution in [-0.4, -0.2) is 42.8 Å². The van der Waals surface area contributed by atoms with Gasteiger partial charge in [-0.2, -0.15) is 0 Å². The van der Waals surface area contributed by atoms with E-state index in [0.29, 0.717) is 33.6 Å². The zero-order chi connectivity index (χ0) is 29.1. The molecule has 0 spiro atoms. The third-order valence-electron chi connectivity index (χ3n) is 5.57. The van der Waals surface area contributed by atoms with E-state index in [1.165, 1.54) is 6.08 Å². The predicted octanol–water partition coefficient (Wildman–Crippen LogP) is 3.55. The summed E-state index contributed by atoms with van der Waals surface area (Å²) in [5.74, 6) is -1.86. The van der Waals surface area contributed by atoms with E-state index in [2.05, 4.69) is 5.32 Å². The van der Waals surface area contributed by atoms with Crippen molar-refractivity contribution in [2.24, 2.45) is 5.73 Å². The van der Waals surface area contributed by atoms with Crippen LogP contribution >= 0.6 is 0 Å². The van der Waals surface area contributed by atoms with Gasteiger partial charge in [0.1, 0.15) is 24.7 Å². The molecule has 0 atom stereocenters. The van der Waals surface area contributed by atoms with E-state index in [0.717, 1.165) is 5.56 Å². The minimum absolute atomic E-state index is 0.00858.